The Kier molecular flexibility index (Phi) is 4.72. The lowest BCUT2D eigenvalue weighted by atomic mass is 10.1. The molecule has 0 saturated heterocycles. The minimum absolute atomic E-state index is 0.132. The molecular formula is C20H16N2OS3. The van der Waals surface area contributed by atoms with Gasteiger partial charge in [0.25, 0.3) is 5.91 Å². The second-order valence-electron chi connectivity index (χ2n) is 5.75. The monoisotopic (exact) mass is 396 g/mol. The van der Waals surface area contributed by atoms with Gasteiger partial charge in [0.15, 0.2) is 0 Å². The molecular weight excluding hydrogens is 380 g/mol. The van der Waals surface area contributed by atoms with E-state index in [1.165, 1.54) is 16.2 Å². The lowest BCUT2D eigenvalue weighted by molar-refractivity contribution is 0.103. The predicted molar refractivity (Wildman–Crippen MR) is 116 cm³/mol. The number of nitrogens with two attached hydrogens (primary N) is 1. The highest BCUT2D eigenvalue weighted by molar-refractivity contribution is 7.98. The third kappa shape index (κ3) is 3.35. The molecule has 0 radical (unpaired) electrons. The van der Waals surface area contributed by atoms with Crippen molar-refractivity contribution in [1.82, 2.24) is 0 Å². The zero-order valence-electron chi connectivity index (χ0n) is 14.0. The number of carbonyl (C=O) groups is 1. The van der Waals surface area contributed by atoms with Gasteiger partial charge in [-0.05, 0) is 65.1 Å². The summed E-state index contributed by atoms with van der Waals surface area (Å²) in [5.41, 5.74) is 8.32. The molecule has 2 aromatic carbocycles. The maximum Gasteiger partial charge on any atom is 0.265 e. The Labute approximate surface area is 163 Å². The zero-order chi connectivity index (χ0) is 18.1. The largest absolute Gasteiger partial charge is 0.397 e. The fourth-order valence-electron chi connectivity index (χ4n) is 2.70. The summed E-state index contributed by atoms with van der Waals surface area (Å²) in [6, 6.07) is 18.0. The fourth-order valence-corrected chi connectivity index (χ4v) is 4.82. The number of thioether (sulfide) groups is 1. The summed E-state index contributed by atoms with van der Waals surface area (Å²) in [6.07, 6.45) is 2.05. The van der Waals surface area contributed by atoms with E-state index in [4.69, 9.17) is 5.73 Å². The van der Waals surface area contributed by atoms with E-state index >= 15 is 0 Å². The maximum absolute atomic E-state index is 12.7. The Morgan fingerprint density at radius 3 is 2.77 bits per heavy atom. The van der Waals surface area contributed by atoms with Gasteiger partial charge in [0, 0.05) is 14.5 Å². The molecule has 2 aromatic heterocycles. The summed E-state index contributed by atoms with van der Waals surface area (Å²) in [5, 5.41) is 6.09. The first-order chi connectivity index (χ1) is 12.6. The van der Waals surface area contributed by atoms with Crippen LogP contribution < -0.4 is 11.1 Å². The molecule has 0 saturated carbocycles. The van der Waals surface area contributed by atoms with Gasteiger partial charge in [-0.1, -0.05) is 12.1 Å². The Hall–Kier alpha value is -2.28. The van der Waals surface area contributed by atoms with Crippen LogP contribution in [-0.2, 0) is 0 Å². The van der Waals surface area contributed by atoms with Crippen molar-refractivity contribution in [3.05, 3.63) is 64.9 Å². The van der Waals surface area contributed by atoms with E-state index in [-0.39, 0.29) is 5.91 Å². The lowest BCUT2D eigenvalue weighted by Gasteiger charge is -2.09. The Bertz CT molecular complexity index is 1080. The quantitative estimate of drug-likeness (QED) is 0.320. The normalized spacial score (nSPS) is 11.0. The highest BCUT2D eigenvalue weighted by Gasteiger charge is 2.13. The lowest BCUT2D eigenvalue weighted by Crippen LogP contribution is -2.11. The zero-order valence-corrected chi connectivity index (χ0v) is 16.4. The summed E-state index contributed by atoms with van der Waals surface area (Å²) in [5.74, 6) is -0.132. The van der Waals surface area contributed by atoms with E-state index in [2.05, 4.69) is 29.6 Å². The molecule has 0 aliphatic heterocycles. The van der Waals surface area contributed by atoms with Gasteiger partial charge in [0.2, 0.25) is 0 Å². The highest BCUT2D eigenvalue weighted by Crippen LogP contribution is 2.32. The van der Waals surface area contributed by atoms with Crippen LogP contribution in [0.1, 0.15) is 9.67 Å². The van der Waals surface area contributed by atoms with Gasteiger partial charge in [-0.15, -0.1) is 34.4 Å². The van der Waals surface area contributed by atoms with Crippen LogP contribution in [0.2, 0.25) is 0 Å². The molecule has 0 spiro atoms. The number of nitrogens with one attached hydrogen (secondary N) is 1. The van der Waals surface area contributed by atoms with Gasteiger partial charge in [-0.2, -0.15) is 0 Å². The molecule has 0 unspecified atom stereocenters. The smallest absolute Gasteiger partial charge is 0.265 e. The second-order valence-corrected chi connectivity index (χ2v) is 8.66. The highest BCUT2D eigenvalue weighted by atomic mass is 32.2. The van der Waals surface area contributed by atoms with Crippen LogP contribution in [0.4, 0.5) is 11.4 Å². The number of nitrogen functional groups attached to an aromatic ring is 1. The average Bonchev–Trinajstić information content (AvgIpc) is 3.32. The summed E-state index contributed by atoms with van der Waals surface area (Å²) < 4.78 is 1.10. The SMILES string of the molecule is CSc1ccc2sc(C(=O)Nc3cc(-c4cccs4)ccc3N)cc2c1. The van der Waals surface area contributed by atoms with Crippen LogP contribution in [-0.4, -0.2) is 12.2 Å². The molecule has 0 atom stereocenters. The molecule has 26 heavy (non-hydrogen) atoms. The summed E-state index contributed by atoms with van der Waals surface area (Å²) in [7, 11) is 0. The van der Waals surface area contributed by atoms with E-state index in [1.807, 2.05) is 42.0 Å². The van der Waals surface area contributed by atoms with Crippen LogP contribution in [0.5, 0.6) is 0 Å². The third-order valence-electron chi connectivity index (χ3n) is 4.05. The van der Waals surface area contributed by atoms with E-state index in [9.17, 15) is 4.79 Å². The van der Waals surface area contributed by atoms with Gasteiger partial charge >= 0.3 is 0 Å². The number of amides is 1. The molecule has 4 rings (SSSR count). The molecule has 0 aliphatic rings. The number of anilines is 2. The van der Waals surface area contributed by atoms with Crippen LogP contribution in [0.15, 0.2) is 64.9 Å². The molecule has 6 heteroatoms. The first-order valence-electron chi connectivity index (χ1n) is 7.96. The Morgan fingerprint density at radius 1 is 1.12 bits per heavy atom. The number of rotatable bonds is 4. The number of benzene rings is 2. The first kappa shape index (κ1) is 17.1. The number of fused-ring (bicyclic) bond motifs is 1. The van der Waals surface area contributed by atoms with Crippen LogP contribution >= 0.6 is 34.4 Å². The van der Waals surface area contributed by atoms with Crippen molar-refractivity contribution in [2.75, 3.05) is 17.3 Å². The van der Waals surface area contributed by atoms with E-state index in [0.29, 0.717) is 16.3 Å². The molecule has 4 aromatic rings. The minimum atomic E-state index is -0.132. The molecule has 3 N–H and O–H groups in total. The molecule has 0 fully saturated rings. The average molecular weight is 397 g/mol. The number of hydrogen-bond acceptors (Lipinski definition) is 5. The molecule has 2 heterocycles. The molecule has 1 amide bonds. The number of carbonyl (C=O) groups excluding carboxylic acids is 1. The van der Waals surface area contributed by atoms with E-state index in [1.54, 1.807) is 23.1 Å². The fraction of sp³-hybridized carbons (Fsp3) is 0.0500. The van der Waals surface area contributed by atoms with Crippen molar-refractivity contribution in [3.63, 3.8) is 0 Å². The van der Waals surface area contributed by atoms with Gasteiger partial charge in [0.05, 0.1) is 16.3 Å². The predicted octanol–water partition coefficient (Wildman–Crippen LogP) is 6.19. The van der Waals surface area contributed by atoms with E-state index < -0.39 is 0 Å². The molecule has 3 nitrogen and oxygen atoms in total. The molecule has 0 bridgehead atoms. The van der Waals surface area contributed by atoms with Crippen molar-refractivity contribution < 1.29 is 4.79 Å². The van der Waals surface area contributed by atoms with Crippen molar-refractivity contribution in [2.24, 2.45) is 0 Å². The summed E-state index contributed by atoms with van der Waals surface area (Å²) in [4.78, 5) is 15.7. The summed E-state index contributed by atoms with van der Waals surface area (Å²) >= 11 is 4.85. The third-order valence-corrected chi connectivity index (χ3v) is 6.81. The molecule has 0 aliphatic carbocycles. The van der Waals surface area contributed by atoms with Crippen molar-refractivity contribution >= 4 is 61.8 Å². The summed E-state index contributed by atoms with van der Waals surface area (Å²) in [6.45, 7) is 0. The van der Waals surface area contributed by atoms with Gasteiger partial charge in [-0.3, -0.25) is 4.79 Å². The van der Waals surface area contributed by atoms with Crippen LogP contribution in [0.25, 0.3) is 20.5 Å². The maximum atomic E-state index is 12.7. The standard InChI is InChI=1S/C20H16N2OS3/c1-24-14-5-7-18-13(9-14)11-19(26-18)20(23)22-16-10-12(4-6-15(16)21)17-3-2-8-25-17/h2-11H,21H2,1H3,(H,22,23). The number of hydrogen-bond donors (Lipinski definition) is 2. The van der Waals surface area contributed by atoms with Crippen molar-refractivity contribution in [3.8, 4) is 10.4 Å². The van der Waals surface area contributed by atoms with Gasteiger partial charge in [0.1, 0.15) is 0 Å². The number of thiophene rings is 2. The van der Waals surface area contributed by atoms with Crippen LogP contribution in [0, 0.1) is 0 Å². The second kappa shape index (κ2) is 7.15. The van der Waals surface area contributed by atoms with Gasteiger partial charge in [-0.25, -0.2) is 0 Å². The Balaban J connectivity index is 1.63. The topological polar surface area (TPSA) is 55.1 Å². The Morgan fingerprint density at radius 2 is 2.00 bits per heavy atom. The van der Waals surface area contributed by atoms with Crippen LogP contribution in [0.3, 0.4) is 0 Å². The van der Waals surface area contributed by atoms with Crippen molar-refractivity contribution in [1.29, 1.82) is 0 Å². The van der Waals surface area contributed by atoms with Gasteiger partial charge < -0.3 is 11.1 Å². The minimum Gasteiger partial charge on any atom is -0.397 e. The molecule has 130 valence electrons. The van der Waals surface area contributed by atoms with E-state index in [0.717, 1.165) is 20.5 Å². The van der Waals surface area contributed by atoms with Crippen molar-refractivity contribution in [2.45, 2.75) is 4.90 Å². The first-order valence-corrected chi connectivity index (χ1v) is 10.9.